The van der Waals surface area contributed by atoms with E-state index in [2.05, 4.69) is 68.8 Å². The Hall–Kier alpha value is -4.02. The number of benzene rings is 1. The molecule has 0 fully saturated rings. The Morgan fingerprint density at radius 3 is 2.00 bits per heavy atom. The van der Waals surface area contributed by atoms with E-state index in [0.29, 0.717) is 67.8 Å². The number of ether oxygens (including phenoxy) is 5. The highest BCUT2D eigenvalue weighted by molar-refractivity contribution is 9.09. The smallest absolute Gasteiger partial charge is 0.407 e. The minimum Gasteiger partial charge on any atom is -0.445 e. The molecule has 324 valence electrons. The number of carbonyl (C=O) groups is 6. The van der Waals surface area contributed by atoms with Crippen LogP contribution in [-0.4, -0.2) is 129 Å². The molecule has 1 heterocycles. The Balaban J connectivity index is 1.47. The number of nitrogens with zero attached hydrogens (tertiary/aromatic N) is 3. The lowest BCUT2D eigenvalue weighted by Gasteiger charge is -2.21. The minimum atomic E-state index is -0.862. The molecule has 0 saturated heterocycles. The van der Waals surface area contributed by atoms with E-state index in [1.54, 1.807) is 49.7 Å². The predicted octanol–water partition coefficient (Wildman–Crippen LogP) is 2.13. The number of nitrogens with one attached hydrogen (secondary N) is 5. The molecule has 0 radical (unpaired) electrons. The van der Waals surface area contributed by atoms with Crippen molar-refractivity contribution in [2.24, 2.45) is 5.92 Å². The minimum absolute atomic E-state index is 0.0189. The summed E-state index contributed by atoms with van der Waals surface area (Å²) in [6, 6.07) is 5.69. The van der Waals surface area contributed by atoms with Gasteiger partial charge in [-0.2, -0.15) is 0 Å². The molecular formula is C37H56Br2N8O11. The van der Waals surface area contributed by atoms with Gasteiger partial charge in [0.2, 0.25) is 23.6 Å². The molecule has 19 nitrogen and oxygen atoms in total. The van der Waals surface area contributed by atoms with Gasteiger partial charge in [-0.05, 0) is 23.6 Å². The van der Waals surface area contributed by atoms with E-state index >= 15 is 0 Å². The Morgan fingerprint density at radius 2 is 1.38 bits per heavy atom. The highest BCUT2D eigenvalue weighted by Crippen LogP contribution is 2.13. The molecule has 5 N–H and O–H groups in total. The lowest BCUT2D eigenvalue weighted by molar-refractivity contribution is -0.131. The summed E-state index contributed by atoms with van der Waals surface area (Å²) in [6.45, 7) is 8.15. The standard InChI is InChI=1S/C37H56Br2N8O11/c1-4-29(48)23-42-37(53)58-25-27-5-7-28(8-6-27)43-34(51)24-41-36(52)35(26(2)3)44-33(50)10-14-55-17-19-56-15-11-40-32(49)9-13-54-18-20-57-16-12-47-31(22-39)30(21-38)45-46-47/h5-8,26,35H,4,9-25H2,1-3H3,(H,40,49)(H,41,52)(H,42,53)(H,43,51)(H,44,50). The number of ketones is 1. The van der Waals surface area contributed by atoms with Crippen LogP contribution in [0.3, 0.4) is 0 Å². The zero-order valence-electron chi connectivity index (χ0n) is 33.3. The second-order valence-electron chi connectivity index (χ2n) is 12.8. The normalized spacial score (nSPS) is 11.5. The molecular weight excluding hydrogens is 892 g/mol. The van der Waals surface area contributed by atoms with Gasteiger partial charge in [0.1, 0.15) is 12.6 Å². The Morgan fingerprint density at radius 1 is 0.741 bits per heavy atom. The molecule has 1 aromatic carbocycles. The molecule has 5 amide bonds. The van der Waals surface area contributed by atoms with Gasteiger partial charge in [-0.15, -0.1) is 5.10 Å². The van der Waals surface area contributed by atoms with Crippen LogP contribution in [0.15, 0.2) is 24.3 Å². The largest absolute Gasteiger partial charge is 0.445 e. The van der Waals surface area contributed by atoms with Crippen molar-refractivity contribution in [3.8, 4) is 0 Å². The first kappa shape index (κ1) is 50.1. The summed E-state index contributed by atoms with van der Waals surface area (Å²) < 4.78 is 28.8. The number of hydrogen-bond acceptors (Lipinski definition) is 13. The van der Waals surface area contributed by atoms with Crippen molar-refractivity contribution in [2.75, 3.05) is 77.8 Å². The van der Waals surface area contributed by atoms with E-state index in [1.165, 1.54) is 0 Å². The van der Waals surface area contributed by atoms with Gasteiger partial charge in [-0.25, -0.2) is 9.48 Å². The number of alkyl carbamates (subject to hydrolysis) is 1. The SMILES string of the molecule is CCC(=O)CNC(=O)OCc1ccc(NC(=O)CNC(=O)C(NC(=O)CCOCCOCCNC(=O)CCOCCOCCn2nnc(CBr)c2CBr)C(C)C)cc1. The number of anilines is 1. The van der Waals surface area contributed by atoms with Crippen LogP contribution in [-0.2, 0) is 71.5 Å². The summed E-state index contributed by atoms with van der Waals surface area (Å²) in [5.74, 6) is -1.88. The van der Waals surface area contributed by atoms with Gasteiger partial charge >= 0.3 is 6.09 Å². The Labute approximate surface area is 355 Å². The zero-order chi connectivity index (χ0) is 42.5. The molecule has 1 unspecified atom stereocenters. The summed E-state index contributed by atoms with van der Waals surface area (Å²) in [5.41, 5.74) is 3.02. The van der Waals surface area contributed by atoms with Crippen molar-refractivity contribution in [3.63, 3.8) is 0 Å². The maximum atomic E-state index is 12.8. The number of carbonyl (C=O) groups excluding carboxylic acids is 6. The van der Waals surface area contributed by atoms with Crippen molar-refractivity contribution in [1.82, 2.24) is 36.3 Å². The van der Waals surface area contributed by atoms with E-state index in [0.717, 1.165) is 11.4 Å². The number of aromatic nitrogens is 3. The molecule has 1 atom stereocenters. The number of Topliss-reactive ketones (excluding diaryl/α,β-unsaturated/α-hetero) is 1. The van der Waals surface area contributed by atoms with Crippen molar-refractivity contribution in [1.29, 1.82) is 0 Å². The summed E-state index contributed by atoms with van der Waals surface area (Å²) in [5, 5.41) is 22.6. The number of amides is 5. The first-order valence-corrected chi connectivity index (χ1v) is 21.2. The maximum Gasteiger partial charge on any atom is 0.407 e. The van der Waals surface area contributed by atoms with Crippen molar-refractivity contribution in [3.05, 3.63) is 41.2 Å². The summed E-state index contributed by atoms with van der Waals surface area (Å²) >= 11 is 6.84. The summed E-state index contributed by atoms with van der Waals surface area (Å²) in [4.78, 5) is 72.8. The number of hydrogen-bond donors (Lipinski definition) is 5. The van der Waals surface area contributed by atoms with Crippen LogP contribution in [0.4, 0.5) is 10.5 Å². The fourth-order valence-corrected chi connectivity index (χ4v) is 5.77. The van der Waals surface area contributed by atoms with E-state index < -0.39 is 23.9 Å². The van der Waals surface area contributed by atoms with Gasteiger partial charge in [-0.1, -0.05) is 70.0 Å². The van der Waals surface area contributed by atoms with Crippen LogP contribution >= 0.6 is 31.9 Å². The van der Waals surface area contributed by atoms with Crippen molar-refractivity contribution >= 4 is 73.1 Å². The highest BCUT2D eigenvalue weighted by Gasteiger charge is 2.24. The third kappa shape index (κ3) is 21.7. The molecule has 58 heavy (non-hydrogen) atoms. The molecule has 2 aromatic rings. The average Bonchev–Trinajstić information content (AvgIpc) is 3.62. The fourth-order valence-electron chi connectivity index (χ4n) is 4.72. The molecule has 0 bridgehead atoms. The third-order valence-electron chi connectivity index (χ3n) is 8.00. The lowest BCUT2D eigenvalue weighted by atomic mass is 10.0. The Bertz CT molecular complexity index is 1560. The van der Waals surface area contributed by atoms with Crippen LogP contribution < -0.4 is 26.6 Å². The highest BCUT2D eigenvalue weighted by atomic mass is 79.9. The number of rotatable bonds is 31. The second-order valence-corrected chi connectivity index (χ2v) is 14.0. The summed E-state index contributed by atoms with van der Waals surface area (Å²) in [6.07, 6.45) is -0.158. The fraction of sp³-hybridized carbons (Fsp3) is 0.622. The Kier molecular flexibility index (Phi) is 26.0. The van der Waals surface area contributed by atoms with Crippen LogP contribution in [0.1, 0.15) is 57.0 Å². The van der Waals surface area contributed by atoms with Crippen LogP contribution in [0.2, 0.25) is 0 Å². The zero-order valence-corrected chi connectivity index (χ0v) is 36.5. The van der Waals surface area contributed by atoms with Gasteiger partial charge in [0.15, 0.2) is 5.78 Å². The van der Waals surface area contributed by atoms with Crippen LogP contribution in [0, 0.1) is 5.92 Å². The molecule has 0 saturated carbocycles. The van der Waals surface area contributed by atoms with Crippen molar-refractivity contribution in [2.45, 2.75) is 69.9 Å². The molecule has 2 rings (SSSR count). The van der Waals surface area contributed by atoms with Gasteiger partial charge in [0.05, 0.1) is 83.9 Å². The summed E-state index contributed by atoms with van der Waals surface area (Å²) in [7, 11) is 0. The first-order valence-electron chi connectivity index (χ1n) is 19.0. The van der Waals surface area contributed by atoms with E-state index in [-0.39, 0.29) is 82.5 Å². The third-order valence-corrected chi connectivity index (χ3v) is 9.06. The monoisotopic (exact) mass is 946 g/mol. The van der Waals surface area contributed by atoms with Gasteiger partial charge < -0.3 is 50.3 Å². The average molecular weight is 949 g/mol. The van der Waals surface area contributed by atoms with Crippen molar-refractivity contribution < 1.29 is 52.5 Å². The van der Waals surface area contributed by atoms with Gasteiger partial charge in [-0.3, -0.25) is 24.0 Å². The number of halogens is 2. The molecule has 0 aliphatic heterocycles. The van der Waals surface area contributed by atoms with Gasteiger partial charge in [0.25, 0.3) is 0 Å². The molecule has 0 aliphatic carbocycles. The molecule has 0 spiro atoms. The van der Waals surface area contributed by atoms with Crippen LogP contribution in [0.25, 0.3) is 0 Å². The molecule has 0 aliphatic rings. The van der Waals surface area contributed by atoms with E-state index in [1.807, 2.05) is 0 Å². The first-order chi connectivity index (χ1) is 28.0. The van der Waals surface area contributed by atoms with E-state index in [9.17, 15) is 28.8 Å². The van der Waals surface area contributed by atoms with E-state index in [4.69, 9.17) is 23.7 Å². The van der Waals surface area contributed by atoms with Gasteiger partial charge in [0, 0.05) is 42.2 Å². The second kappa shape index (κ2) is 30.1. The lowest BCUT2D eigenvalue weighted by Crippen LogP contribution is -2.51. The quantitative estimate of drug-likeness (QED) is 0.0539. The van der Waals surface area contributed by atoms with Crippen LogP contribution in [0.5, 0.6) is 0 Å². The molecule has 1 aromatic heterocycles. The topological polar surface area (TPSA) is 239 Å². The number of alkyl halides is 2. The predicted molar refractivity (Wildman–Crippen MR) is 219 cm³/mol. The molecule has 21 heteroatoms. The maximum absolute atomic E-state index is 12.8.